The van der Waals surface area contributed by atoms with Crippen LogP contribution in [0.1, 0.15) is 11.4 Å². The number of hydrogen-bond donors (Lipinski definition) is 2. The SMILES string of the molecule is CN=C(NCc1ccc([N+](=O)[O-])cc1)NCc1ncnn1C. The summed E-state index contributed by atoms with van der Waals surface area (Å²) < 4.78 is 1.68. The number of non-ortho nitro benzene ring substituents is 1. The van der Waals surface area contributed by atoms with Crippen molar-refractivity contribution in [1.29, 1.82) is 0 Å². The number of guanidine groups is 1. The van der Waals surface area contributed by atoms with Crippen LogP contribution >= 0.6 is 0 Å². The highest BCUT2D eigenvalue weighted by Crippen LogP contribution is 2.11. The number of nitrogens with one attached hydrogen (secondary N) is 2. The van der Waals surface area contributed by atoms with Crippen LogP contribution in [0.3, 0.4) is 0 Å². The molecular weight excluding hydrogens is 286 g/mol. The number of benzene rings is 1. The molecule has 0 aliphatic heterocycles. The summed E-state index contributed by atoms with van der Waals surface area (Å²) in [5.74, 6) is 1.40. The topological polar surface area (TPSA) is 110 Å². The molecule has 0 atom stereocenters. The number of nitrogens with zero attached hydrogens (tertiary/aromatic N) is 5. The Hall–Kier alpha value is -2.97. The summed E-state index contributed by atoms with van der Waals surface area (Å²) in [4.78, 5) is 18.4. The standard InChI is InChI=1S/C13H17N7O2/c1-14-13(16-8-12-17-9-18-19(12)2)15-7-10-3-5-11(6-4-10)20(21)22/h3-6,9H,7-8H2,1-2H3,(H2,14,15,16). The average molecular weight is 303 g/mol. The van der Waals surface area contributed by atoms with E-state index in [4.69, 9.17) is 0 Å². The molecule has 2 N–H and O–H groups in total. The van der Waals surface area contributed by atoms with Crippen LogP contribution in [0.15, 0.2) is 35.6 Å². The van der Waals surface area contributed by atoms with Gasteiger partial charge in [-0.15, -0.1) is 0 Å². The van der Waals surface area contributed by atoms with E-state index in [1.54, 1.807) is 23.9 Å². The largest absolute Gasteiger partial charge is 0.352 e. The zero-order chi connectivity index (χ0) is 15.9. The molecule has 1 aromatic heterocycles. The van der Waals surface area contributed by atoms with E-state index >= 15 is 0 Å². The summed E-state index contributed by atoms with van der Waals surface area (Å²) in [5, 5.41) is 20.8. The quantitative estimate of drug-likeness (QED) is 0.362. The molecule has 0 radical (unpaired) electrons. The summed E-state index contributed by atoms with van der Waals surface area (Å²) in [6.45, 7) is 1.01. The smallest absolute Gasteiger partial charge is 0.269 e. The van der Waals surface area contributed by atoms with E-state index in [2.05, 4.69) is 25.7 Å². The normalized spacial score (nSPS) is 11.3. The third-order valence-electron chi connectivity index (χ3n) is 3.05. The minimum absolute atomic E-state index is 0.0774. The fraction of sp³-hybridized carbons (Fsp3) is 0.308. The Bertz CT molecular complexity index is 663. The van der Waals surface area contributed by atoms with Gasteiger partial charge in [0, 0.05) is 32.8 Å². The van der Waals surface area contributed by atoms with E-state index in [0.29, 0.717) is 19.0 Å². The first kappa shape index (κ1) is 15.4. The summed E-state index contributed by atoms with van der Waals surface area (Å²) in [7, 11) is 3.49. The van der Waals surface area contributed by atoms with Gasteiger partial charge in [0.2, 0.25) is 0 Å². The van der Waals surface area contributed by atoms with Gasteiger partial charge in [0.25, 0.3) is 5.69 Å². The molecule has 0 fully saturated rings. The van der Waals surface area contributed by atoms with Crippen LogP contribution < -0.4 is 10.6 Å². The molecule has 0 saturated carbocycles. The lowest BCUT2D eigenvalue weighted by Gasteiger charge is -2.11. The molecule has 0 aliphatic rings. The maximum Gasteiger partial charge on any atom is 0.269 e. The van der Waals surface area contributed by atoms with Crippen LogP contribution in [0, 0.1) is 10.1 Å². The van der Waals surface area contributed by atoms with Crippen LogP contribution in [0.5, 0.6) is 0 Å². The third kappa shape index (κ3) is 4.01. The minimum atomic E-state index is -0.418. The minimum Gasteiger partial charge on any atom is -0.352 e. The van der Waals surface area contributed by atoms with Crippen molar-refractivity contribution in [2.75, 3.05) is 7.05 Å². The molecule has 0 spiro atoms. The number of aromatic nitrogens is 3. The van der Waals surface area contributed by atoms with Crippen LogP contribution in [-0.2, 0) is 20.1 Å². The molecule has 0 amide bonds. The third-order valence-corrected chi connectivity index (χ3v) is 3.05. The fourth-order valence-electron chi connectivity index (χ4n) is 1.78. The van der Waals surface area contributed by atoms with Crippen LogP contribution in [0.2, 0.25) is 0 Å². The number of hydrogen-bond acceptors (Lipinski definition) is 5. The number of nitro groups is 1. The lowest BCUT2D eigenvalue weighted by molar-refractivity contribution is -0.384. The van der Waals surface area contributed by atoms with Gasteiger partial charge in [-0.2, -0.15) is 5.10 Å². The molecule has 1 aromatic carbocycles. The van der Waals surface area contributed by atoms with E-state index in [1.165, 1.54) is 18.5 Å². The highest BCUT2D eigenvalue weighted by Gasteiger charge is 2.05. The summed E-state index contributed by atoms with van der Waals surface area (Å²) in [5.41, 5.74) is 1.00. The van der Waals surface area contributed by atoms with E-state index in [9.17, 15) is 10.1 Å². The van der Waals surface area contributed by atoms with Crippen molar-refractivity contribution in [3.63, 3.8) is 0 Å². The zero-order valence-corrected chi connectivity index (χ0v) is 12.4. The van der Waals surface area contributed by atoms with Crippen LogP contribution in [-0.4, -0.2) is 32.7 Å². The Kier molecular flexibility index (Phi) is 5.02. The Morgan fingerprint density at radius 2 is 2.00 bits per heavy atom. The molecule has 0 saturated heterocycles. The Morgan fingerprint density at radius 3 is 2.55 bits per heavy atom. The van der Waals surface area contributed by atoms with Gasteiger partial charge in [-0.1, -0.05) is 12.1 Å². The van der Waals surface area contributed by atoms with Gasteiger partial charge >= 0.3 is 0 Å². The van der Waals surface area contributed by atoms with E-state index < -0.39 is 4.92 Å². The lowest BCUT2D eigenvalue weighted by atomic mass is 10.2. The van der Waals surface area contributed by atoms with Gasteiger partial charge in [-0.3, -0.25) is 19.8 Å². The maximum absolute atomic E-state index is 10.6. The van der Waals surface area contributed by atoms with Crippen molar-refractivity contribution in [2.24, 2.45) is 12.0 Å². The number of nitro benzene ring substituents is 1. The predicted octanol–water partition coefficient (Wildman–Crippen LogP) is 0.588. The van der Waals surface area contributed by atoms with Crippen LogP contribution in [0.4, 0.5) is 5.69 Å². The summed E-state index contributed by atoms with van der Waals surface area (Å²) >= 11 is 0. The fourth-order valence-corrected chi connectivity index (χ4v) is 1.78. The van der Waals surface area contributed by atoms with Gasteiger partial charge in [-0.25, -0.2) is 4.98 Å². The van der Waals surface area contributed by atoms with E-state index in [1.807, 2.05) is 7.05 Å². The Labute approximate surface area is 127 Å². The van der Waals surface area contributed by atoms with Gasteiger partial charge < -0.3 is 10.6 Å². The second-order valence-electron chi connectivity index (χ2n) is 4.50. The molecule has 22 heavy (non-hydrogen) atoms. The Balaban J connectivity index is 1.86. The second-order valence-corrected chi connectivity index (χ2v) is 4.50. The summed E-state index contributed by atoms with van der Waals surface area (Å²) in [6, 6.07) is 6.38. The molecule has 2 aromatic rings. The van der Waals surface area contributed by atoms with Crippen molar-refractivity contribution in [1.82, 2.24) is 25.4 Å². The first-order valence-electron chi connectivity index (χ1n) is 6.61. The molecule has 2 rings (SSSR count). The van der Waals surface area contributed by atoms with E-state index in [-0.39, 0.29) is 5.69 Å². The van der Waals surface area contributed by atoms with Gasteiger partial charge in [-0.05, 0) is 5.56 Å². The van der Waals surface area contributed by atoms with Gasteiger partial charge in [0.1, 0.15) is 12.2 Å². The van der Waals surface area contributed by atoms with Crippen molar-refractivity contribution in [2.45, 2.75) is 13.1 Å². The maximum atomic E-state index is 10.6. The highest BCUT2D eigenvalue weighted by molar-refractivity contribution is 5.79. The molecule has 0 unspecified atom stereocenters. The predicted molar refractivity (Wildman–Crippen MR) is 81.1 cm³/mol. The average Bonchev–Trinajstić information content (AvgIpc) is 2.93. The van der Waals surface area contributed by atoms with Gasteiger partial charge in [0.15, 0.2) is 5.96 Å². The molecular formula is C13H17N7O2. The van der Waals surface area contributed by atoms with Gasteiger partial charge in [0.05, 0.1) is 11.5 Å². The molecule has 116 valence electrons. The highest BCUT2D eigenvalue weighted by atomic mass is 16.6. The van der Waals surface area contributed by atoms with Crippen molar-refractivity contribution >= 4 is 11.6 Å². The zero-order valence-electron chi connectivity index (χ0n) is 12.4. The molecule has 9 heteroatoms. The molecule has 9 nitrogen and oxygen atoms in total. The number of rotatable bonds is 5. The van der Waals surface area contributed by atoms with Crippen molar-refractivity contribution < 1.29 is 4.92 Å². The number of aryl methyl sites for hydroxylation is 1. The lowest BCUT2D eigenvalue weighted by Crippen LogP contribution is -2.36. The van der Waals surface area contributed by atoms with E-state index in [0.717, 1.165) is 11.4 Å². The molecule has 1 heterocycles. The Morgan fingerprint density at radius 1 is 1.32 bits per heavy atom. The number of aliphatic imine (C=N–C) groups is 1. The molecule has 0 bridgehead atoms. The summed E-state index contributed by atoms with van der Waals surface area (Å²) in [6.07, 6.45) is 1.49. The first-order valence-corrected chi connectivity index (χ1v) is 6.61. The second kappa shape index (κ2) is 7.16. The van der Waals surface area contributed by atoms with Crippen molar-refractivity contribution in [3.05, 3.63) is 52.1 Å². The van der Waals surface area contributed by atoms with Crippen molar-refractivity contribution in [3.8, 4) is 0 Å². The molecule has 0 aliphatic carbocycles. The monoisotopic (exact) mass is 303 g/mol. The first-order chi connectivity index (χ1) is 10.6. The van der Waals surface area contributed by atoms with Crippen LogP contribution in [0.25, 0.3) is 0 Å².